The van der Waals surface area contributed by atoms with Gasteiger partial charge in [-0.25, -0.2) is 13.2 Å². The fraction of sp³-hybridized carbons (Fsp3) is 0.500. The Morgan fingerprint density at radius 1 is 1.44 bits per heavy atom. The molecule has 0 aliphatic heterocycles. The van der Waals surface area contributed by atoms with Crippen molar-refractivity contribution in [3.05, 3.63) is 17.0 Å². The van der Waals surface area contributed by atoms with Crippen LogP contribution in [0.2, 0.25) is 0 Å². The summed E-state index contributed by atoms with van der Waals surface area (Å²) in [5, 5.41) is 17.9. The first-order valence-corrected chi connectivity index (χ1v) is 7.31. The number of sulfonamides is 1. The van der Waals surface area contributed by atoms with Gasteiger partial charge in [0.15, 0.2) is 0 Å². The molecule has 0 amide bonds. The highest BCUT2D eigenvalue weighted by Crippen LogP contribution is 2.28. The van der Waals surface area contributed by atoms with E-state index in [2.05, 4.69) is 0 Å². The van der Waals surface area contributed by atoms with Gasteiger partial charge in [-0.3, -0.25) is 0 Å². The Hall–Kier alpha value is -0.960. The van der Waals surface area contributed by atoms with Gasteiger partial charge in [-0.1, -0.05) is 0 Å². The van der Waals surface area contributed by atoms with Gasteiger partial charge in [-0.15, -0.1) is 11.3 Å². The molecular formula is C10H15NO5S2. The van der Waals surface area contributed by atoms with Gasteiger partial charge in [0.2, 0.25) is 0 Å². The lowest BCUT2D eigenvalue weighted by molar-refractivity contribution is 0.0702. The van der Waals surface area contributed by atoms with Gasteiger partial charge in [0, 0.05) is 7.05 Å². The van der Waals surface area contributed by atoms with E-state index in [1.54, 1.807) is 13.8 Å². The van der Waals surface area contributed by atoms with Crippen molar-refractivity contribution in [3.8, 4) is 0 Å². The van der Waals surface area contributed by atoms with Crippen LogP contribution in [0, 0.1) is 0 Å². The number of hydrogen-bond acceptors (Lipinski definition) is 5. The number of carboxylic acid groups (broad SMARTS) is 1. The molecule has 8 heteroatoms. The second-order valence-electron chi connectivity index (χ2n) is 4.37. The van der Waals surface area contributed by atoms with Crippen LogP contribution in [0.15, 0.2) is 16.3 Å². The molecule has 1 aromatic heterocycles. The molecule has 0 aliphatic carbocycles. The number of hydrogen-bond donors (Lipinski definition) is 2. The van der Waals surface area contributed by atoms with Crippen molar-refractivity contribution in [1.29, 1.82) is 0 Å². The molecule has 0 saturated carbocycles. The van der Waals surface area contributed by atoms with E-state index in [-0.39, 0.29) is 15.7 Å². The summed E-state index contributed by atoms with van der Waals surface area (Å²) in [5.41, 5.74) is -0.952. The number of aliphatic hydroxyl groups is 1. The fourth-order valence-electron chi connectivity index (χ4n) is 1.13. The monoisotopic (exact) mass is 293 g/mol. The molecule has 0 spiro atoms. The minimum atomic E-state index is -3.79. The summed E-state index contributed by atoms with van der Waals surface area (Å²) in [5.74, 6) is -1.16. The van der Waals surface area contributed by atoms with Gasteiger partial charge in [-0.2, -0.15) is 4.31 Å². The van der Waals surface area contributed by atoms with Gasteiger partial charge in [-0.05, 0) is 26.0 Å². The number of carbonyl (C=O) groups is 1. The Balaban J connectivity index is 3.17. The highest BCUT2D eigenvalue weighted by Gasteiger charge is 2.34. The molecule has 0 aliphatic rings. The molecule has 1 aromatic rings. The first-order valence-electron chi connectivity index (χ1n) is 5.06. The molecule has 0 atom stereocenters. The van der Waals surface area contributed by atoms with E-state index in [0.29, 0.717) is 11.3 Å². The summed E-state index contributed by atoms with van der Waals surface area (Å²) in [6.45, 7) is 2.83. The van der Waals surface area contributed by atoms with Gasteiger partial charge in [0.1, 0.15) is 9.09 Å². The lowest BCUT2D eigenvalue weighted by Gasteiger charge is -2.32. The van der Waals surface area contributed by atoms with E-state index in [9.17, 15) is 18.3 Å². The third-order valence-electron chi connectivity index (χ3n) is 2.65. The summed E-state index contributed by atoms with van der Waals surface area (Å²) in [4.78, 5) is 10.7. The molecule has 0 unspecified atom stereocenters. The van der Waals surface area contributed by atoms with Crippen molar-refractivity contribution in [2.75, 3.05) is 13.7 Å². The van der Waals surface area contributed by atoms with E-state index in [0.717, 1.165) is 4.31 Å². The van der Waals surface area contributed by atoms with Crippen LogP contribution in [0.5, 0.6) is 0 Å². The van der Waals surface area contributed by atoms with Crippen molar-refractivity contribution in [2.24, 2.45) is 0 Å². The molecule has 1 rings (SSSR count). The highest BCUT2D eigenvalue weighted by molar-refractivity contribution is 7.91. The maximum atomic E-state index is 12.2. The molecule has 0 saturated heterocycles. The summed E-state index contributed by atoms with van der Waals surface area (Å²) in [6, 6.07) is 2.51. The second kappa shape index (κ2) is 4.96. The smallest absolute Gasteiger partial charge is 0.345 e. The van der Waals surface area contributed by atoms with E-state index in [4.69, 9.17) is 5.11 Å². The van der Waals surface area contributed by atoms with E-state index in [1.807, 2.05) is 0 Å². The van der Waals surface area contributed by atoms with Crippen molar-refractivity contribution in [2.45, 2.75) is 23.6 Å². The van der Waals surface area contributed by atoms with Crippen LogP contribution in [0.3, 0.4) is 0 Å². The van der Waals surface area contributed by atoms with E-state index < -0.39 is 21.5 Å². The zero-order chi connectivity index (χ0) is 14.1. The number of aromatic carboxylic acids is 1. The Labute approximate surface area is 110 Å². The number of nitrogens with zero attached hydrogens (tertiary/aromatic N) is 1. The number of carboxylic acids is 1. The first kappa shape index (κ1) is 15.1. The van der Waals surface area contributed by atoms with Crippen LogP contribution in [0.25, 0.3) is 0 Å². The lowest BCUT2D eigenvalue weighted by Crippen LogP contribution is -2.47. The highest BCUT2D eigenvalue weighted by atomic mass is 32.2. The van der Waals surface area contributed by atoms with Gasteiger partial charge in [0.25, 0.3) is 10.0 Å². The number of aliphatic hydroxyl groups excluding tert-OH is 1. The molecule has 1 heterocycles. The minimum Gasteiger partial charge on any atom is -0.477 e. The predicted octanol–water partition coefficient (Wildman–Crippen LogP) is 0.838. The van der Waals surface area contributed by atoms with E-state index in [1.165, 1.54) is 19.2 Å². The molecule has 2 N–H and O–H groups in total. The quantitative estimate of drug-likeness (QED) is 0.838. The van der Waals surface area contributed by atoms with Crippen LogP contribution in [0.4, 0.5) is 0 Å². The van der Waals surface area contributed by atoms with Crippen LogP contribution in [-0.4, -0.2) is 48.1 Å². The molecule has 0 bridgehead atoms. The van der Waals surface area contributed by atoms with Crippen LogP contribution >= 0.6 is 11.3 Å². The Bertz CT molecular complexity index is 546. The summed E-state index contributed by atoms with van der Waals surface area (Å²) in [6.07, 6.45) is 0. The van der Waals surface area contributed by atoms with Crippen LogP contribution < -0.4 is 0 Å². The lowest BCUT2D eigenvalue weighted by atomic mass is 10.1. The third-order valence-corrected chi connectivity index (χ3v) is 6.26. The topological polar surface area (TPSA) is 94.9 Å². The predicted molar refractivity (Wildman–Crippen MR) is 67.4 cm³/mol. The standard InChI is InChI=1S/C10H15NO5S2/c1-10(2,6-12)11(3)18(15,16)8-5-4-7(17-8)9(13)14/h4-5,12H,6H2,1-3H3,(H,13,14). The van der Waals surface area contributed by atoms with Crippen LogP contribution in [-0.2, 0) is 10.0 Å². The largest absolute Gasteiger partial charge is 0.477 e. The molecular weight excluding hydrogens is 278 g/mol. The number of thiophene rings is 1. The van der Waals surface area contributed by atoms with Crippen molar-refractivity contribution in [1.82, 2.24) is 4.31 Å². The molecule has 0 radical (unpaired) electrons. The average Bonchev–Trinajstić information content (AvgIpc) is 2.77. The van der Waals surface area contributed by atoms with Crippen molar-refractivity contribution >= 4 is 27.3 Å². The van der Waals surface area contributed by atoms with Crippen molar-refractivity contribution < 1.29 is 23.4 Å². The zero-order valence-electron chi connectivity index (χ0n) is 10.2. The molecule has 6 nitrogen and oxygen atoms in total. The number of likely N-dealkylation sites (N-methyl/N-ethyl adjacent to an activating group) is 1. The second-order valence-corrected chi connectivity index (χ2v) is 7.65. The first-order chi connectivity index (χ1) is 8.13. The maximum Gasteiger partial charge on any atom is 0.345 e. The van der Waals surface area contributed by atoms with Gasteiger partial charge >= 0.3 is 5.97 Å². The fourth-order valence-corrected chi connectivity index (χ4v) is 3.95. The van der Waals surface area contributed by atoms with Crippen LogP contribution in [0.1, 0.15) is 23.5 Å². The Kier molecular flexibility index (Phi) is 4.16. The zero-order valence-corrected chi connectivity index (χ0v) is 11.9. The summed E-state index contributed by atoms with van der Waals surface area (Å²) in [7, 11) is -2.44. The minimum absolute atomic E-state index is 0.0382. The Morgan fingerprint density at radius 2 is 2.00 bits per heavy atom. The van der Waals surface area contributed by atoms with E-state index >= 15 is 0 Å². The normalized spacial score (nSPS) is 12.9. The van der Waals surface area contributed by atoms with Crippen molar-refractivity contribution in [3.63, 3.8) is 0 Å². The molecule has 0 aromatic carbocycles. The summed E-state index contributed by atoms with van der Waals surface area (Å²) >= 11 is 0.692. The van der Waals surface area contributed by atoms with Gasteiger partial charge in [0.05, 0.1) is 12.1 Å². The maximum absolute atomic E-state index is 12.2. The van der Waals surface area contributed by atoms with Gasteiger partial charge < -0.3 is 10.2 Å². The average molecular weight is 293 g/mol. The molecule has 0 fully saturated rings. The third kappa shape index (κ3) is 2.72. The SMILES string of the molecule is CN(C(C)(C)CO)S(=O)(=O)c1ccc(C(=O)O)s1. The number of rotatable bonds is 5. The molecule has 18 heavy (non-hydrogen) atoms. The Morgan fingerprint density at radius 3 is 2.39 bits per heavy atom. The molecule has 102 valence electrons. The summed E-state index contributed by atoms with van der Waals surface area (Å²) < 4.78 is 25.4.